The second-order valence-corrected chi connectivity index (χ2v) is 17.6. The Labute approximate surface area is 275 Å². The maximum absolute atomic E-state index is 13.4. The Bertz CT molecular complexity index is 1220. The summed E-state index contributed by atoms with van der Waals surface area (Å²) in [7, 11) is 0. The molecule has 10 heteroatoms. The molecule has 1 aromatic carbocycles. The van der Waals surface area contributed by atoms with Crippen molar-refractivity contribution in [3.63, 3.8) is 0 Å². The van der Waals surface area contributed by atoms with E-state index in [9.17, 15) is 20.1 Å². The van der Waals surface area contributed by atoms with E-state index < -0.39 is 27.0 Å². The number of hydrogen-bond acceptors (Lipinski definition) is 9. The smallest absolute Gasteiger partial charge is 0.314 e. The number of ether oxygens (including phenoxy) is 4. The van der Waals surface area contributed by atoms with Crippen molar-refractivity contribution in [2.75, 3.05) is 6.61 Å². The van der Waals surface area contributed by atoms with Crippen molar-refractivity contribution in [1.82, 2.24) is 0 Å². The largest absolute Gasteiger partial charge is 0.464 e. The molecule has 2 saturated carbocycles. The van der Waals surface area contributed by atoms with Crippen LogP contribution in [0.5, 0.6) is 11.5 Å². The molecule has 0 spiro atoms. The predicted octanol–water partition coefficient (Wildman–Crippen LogP) is 5.93. The molecule has 3 heterocycles. The molecule has 6 atom stereocenters. The van der Waals surface area contributed by atoms with Gasteiger partial charge in [0.15, 0.2) is 6.29 Å². The molecule has 6 rings (SSSR count). The fraction of sp³-hybridized carbons (Fsp3) is 0.706. The third-order valence-electron chi connectivity index (χ3n) is 10.2. The number of rotatable bonds is 10. The predicted molar refractivity (Wildman–Crippen MR) is 178 cm³/mol. The summed E-state index contributed by atoms with van der Waals surface area (Å²) in [6.45, 7) is 4.63. The second kappa shape index (κ2) is 14.8. The number of fused-ring (bicyclic) bond motifs is 2. The van der Waals surface area contributed by atoms with Gasteiger partial charge in [0.2, 0.25) is 0 Å². The van der Waals surface area contributed by atoms with Crippen molar-refractivity contribution in [3.8, 4) is 11.5 Å². The Morgan fingerprint density at radius 3 is 2.25 bits per heavy atom. The quantitative estimate of drug-likeness (QED) is 0.0883. The first-order valence-corrected chi connectivity index (χ1v) is 19.5. The molecule has 3 N–H and O–H groups in total. The average Bonchev–Trinajstić information content (AvgIpc) is 3.71. The first-order valence-electron chi connectivity index (χ1n) is 16.6. The zero-order valence-corrected chi connectivity index (χ0v) is 28.7. The van der Waals surface area contributed by atoms with Crippen LogP contribution in [0.15, 0.2) is 29.2 Å². The molecule has 0 amide bonds. The van der Waals surface area contributed by atoms with Gasteiger partial charge >= 0.3 is 5.97 Å². The topological polar surface area (TPSA) is 115 Å². The summed E-state index contributed by atoms with van der Waals surface area (Å²) >= 11 is 0.982. The van der Waals surface area contributed by atoms with E-state index in [0.29, 0.717) is 24.0 Å². The van der Waals surface area contributed by atoms with Gasteiger partial charge < -0.3 is 34.3 Å². The standard InChI is InChI=1S/C34H47IO8S/c1-3-23(36)19-7-11-21(12-8-19)33(38)42-26-15-16-27(43-34(39)22-13-9-20(10-14-22)24(37)4-2)31-30(26)35-32(44-31)29-18-28-25(41-29)6-5-17-40-28/h5-6,15-16,19-25,28-29,34,36-37,39H,3-4,7-14,17-18H2,1-2H3. The molecule has 6 unspecified atom stereocenters. The zero-order chi connectivity index (χ0) is 30.8. The van der Waals surface area contributed by atoms with Crippen LogP contribution in [0.25, 0.3) is 0 Å². The van der Waals surface area contributed by atoms with Crippen LogP contribution in [0, 0.1) is 27.2 Å². The van der Waals surface area contributed by atoms with Crippen LogP contribution >= 0.6 is 32.5 Å². The Morgan fingerprint density at radius 1 is 0.955 bits per heavy atom. The maximum atomic E-state index is 13.4. The molecule has 8 nitrogen and oxygen atoms in total. The second-order valence-electron chi connectivity index (χ2n) is 13.0. The highest BCUT2D eigenvalue weighted by atomic mass is 127. The minimum atomic E-state index is -0.937. The number of aliphatic hydroxyl groups excluding tert-OH is 3. The minimum Gasteiger partial charge on any atom is -0.464 e. The molecule has 3 fully saturated rings. The number of halogens is 1. The van der Waals surface area contributed by atoms with Gasteiger partial charge in [-0.15, -0.1) is 0 Å². The van der Waals surface area contributed by atoms with Crippen LogP contribution < -0.4 is 9.47 Å². The van der Waals surface area contributed by atoms with E-state index in [1.54, 1.807) is 11.8 Å². The summed E-state index contributed by atoms with van der Waals surface area (Å²) in [5.41, 5.74) is 0. The summed E-state index contributed by atoms with van der Waals surface area (Å²) in [4.78, 5) is 14.3. The van der Waals surface area contributed by atoms with Gasteiger partial charge in [0.05, 0.1) is 48.2 Å². The number of aliphatic hydroxyl groups is 3. The van der Waals surface area contributed by atoms with Gasteiger partial charge in [0.1, 0.15) is 17.6 Å². The van der Waals surface area contributed by atoms with E-state index in [0.717, 1.165) is 79.1 Å². The fourth-order valence-electron chi connectivity index (χ4n) is 7.38. The van der Waals surface area contributed by atoms with Crippen LogP contribution in [0.1, 0.15) is 84.5 Å². The van der Waals surface area contributed by atoms with Crippen molar-refractivity contribution in [2.24, 2.45) is 23.7 Å². The van der Waals surface area contributed by atoms with Crippen molar-refractivity contribution < 1.29 is 39.1 Å². The van der Waals surface area contributed by atoms with Crippen LogP contribution in [-0.4, -0.2) is 67.5 Å². The van der Waals surface area contributed by atoms with Crippen molar-refractivity contribution in [2.45, 2.75) is 126 Å². The highest BCUT2D eigenvalue weighted by Gasteiger charge is 2.41. The monoisotopic (exact) mass is 742 g/mol. The third-order valence-corrected chi connectivity index (χ3v) is 15.7. The Morgan fingerprint density at radius 2 is 1.59 bits per heavy atom. The van der Waals surface area contributed by atoms with E-state index in [2.05, 4.69) is 6.08 Å². The third kappa shape index (κ3) is 7.26. The molecular weight excluding hydrogens is 695 g/mol. The lowest BCUT2D eigenvalue weighted by Gasteiger charge is -2.33. The van der Waals surface area contributed by atoms with Gasteiger partial charge in [-0.3, -0.25) is 4.79 Å². The zero-order valence-electron chi connectivity index (χ0n) is 25.7. The molecular formula is C34H47IO8S. The summed E-state index contributed by atoms with van der Waals surface area (Å²) < 4.78 is 27.0. The van der Waals surface area contributed by atoms with Crippen molar-refractivity contribution in [3.05, 3.63) is 27.9 Å². The number of benzene rings is 1. The summed E-state index contributed by atoms with van der Waals surface area (Å²) in [5.74, 6) is 1.43. The lowest BCUT2D eigenvalue weighted by molar-refractivity contribution is -0.140. The first kappa shape index (κ1) is 32.9. The van der Waals surface area contributed by atoms with Crippen LogP contribution in [0.4, 0.5) is 0 Å². The van der Waals surface area contributed by atoms with Gasteiger partial charge in [-0.2, -0.15) is 0 Å². The SMILES string of the molecule is CCC(O)C1CCC(C(=O)Oc2ccc(OC(O)C3CCC(C(O)CC)CC3)c3c2I=C(C2CC4OCC=CC4O2)S3)CC1. The van der Waals surface area contributed by atoms with Gasteiger partial charge in [-0.05, 0) is 88.2 Å². The Balaban J connectivity index is 1.17. The molecule has 0 aromatic heterocycles. The van der Waals surface area contributed by atoms with E-state index in [1.807, 2.05) is 32.1 Å². The summed E-state index contributed by atoms with van der Waals surface area (Å²) in [6.07, 6.45) is 11.5. The van der Waals surface area contributed by atoms with Gasteiger partial charge in [0, 0.05) is 12.3 Å². The molecule has 1 saturated heterocycles. The normalized spacial score (nSPS) is 33.8. The van der Waals surface area contributed by atoms with Gasteiger partial charge in [0.25, 0.3) is 0 Å². The molecule has 44 heavy (non-hydrogen) atoms. The lowest BCUT2D eigenvalue weighted by atomic mass is 9.78. The highest BCUT2D eigenvalue weighted by molar-refractivity contribution is 14.2. The Hall–Kier alpha value is -1.02. The lowest BCUT2D eigenvalue weighted by Crippen LogP contribution is -2.33. The highest BCUT2D eigenvalue weighted by Crippen LogP contribution is 2.52. The number of thioether (sulfide) groups is 1. The number of esters is 1. The van der Waals surface area contributed by atoms with E-state index >= 15 is 0 Å². The van der Waals surface area contributed by atoms with Crippen LogP contribution in [-0.2, 0) is 14.3 Å². The van der Waals surface area contributed by atoms with E-state index in [-0.39, 0.29) is 54.2 Å². The number of carbonyl (C=O) groups is 1. The van der Waals surface area contributed by atoms with Crippen molar-refractivity contribution >= 4 is 41.3 Å². The molecule has 244 valence electrons. The average molecular weight is 743 g/mol. The molecule has 5 aliphatic rings. The summed E-state index contributed by atoms with van der Waals surface area (Å²) in [5, 5.41) is 31.7. The molecule has 0 bridgehead atoms. The van der Waals surface area contributed by atoms with Gasteiger partial charge in [-0.25, -0.2) is 0 Å². The van der Waals surface area contributed by atoms with Crippen LogP contribution in [0.3, 0.4) is 0 Å². The van der Waals surface area contributed by atoms with E-state index in [4.69, 9.17) is 18.9 Å². The molecule has 2 aliphatic carbocycles. The maximum Gasteiger partial charge on any atom is 0.314 e. The molecule has 0 radical (unpaired) electrons. The minimum absolute atomic E-state index is 0.0135. The van der Waals surface area contributed by atoms with Gasteiger partial charge in [-0.1, -0.05) is 58.5 Å². The van der Waals surface area contributed by atoms with E-state index in [1.165, 1.54) is 2.84 Å². The van der Waals surface area contributed by atoms with Crippen molar-refractivity contribution in [1.29, 1.82) is 0 Å². The fourth-order valence-corrected chi connectivity index (χ4v) is 12.7. The molecule has 3 aliphatic heterocycles. The summed E-state index contributed by atoms with van der Waals surface area (Å²) in [6, 6.07) is 3.68. The molecule has 1 aromatic rings. The number of carbonyl (C=O) groups excluding carboxylic acids is 1. The van der Waals surface area contributed by atoms with Crippen LogP contribution in [0.2, 0.25) is 0 Å². The Kier molecular flexibility index (Phi) is 11.1. The first-order chi connectivity index (χ1) is 21.3. The number of hydrogen-bond donors (Lipinski definition) is 3.